The number of rotatable bonds is 5. The lowest BCUT2D eigenvalue weighted by atomic mass is 10.0. The van der Waals surface area contributed by atoms with Crippen LogP contribution in [-0.2, 0) is 14.8 Å². The molecule has 1 amide bonds. The zero-order chi connectivity index (χ0) is 23.8. The lowest BCUT2D eigenvalue weighted by molar-refractivity contribution is 0.0730. The van der Waals surface area contributed by atoms with Gasteiger partial charge in [-0.2, -0.15) is 4.31 Å². The van der Waals surface area contributed by atoms with Gasteiger partial charge in [0.25, 0.3) is 5.91 Å². The van der Waals surface area contributed by atoms with E-state index in [0.717, 1.165) is 0 Å². The number of amides is 1. The van der Waals surface area contributed by atoms with Gasteiger partial charge in [-0.05, 0) is 43.7 Å². The average molecular weight is 494 g/mol. The van der Waals surface area contributed by atoms with Crippen molar-refractivity contribution in [2.24, 2.45) is 0 Å². The Bertz CT molecular complexity index is 1300. The highest BCUT2D eigenvalue weighted by Crippen LogP contribution is 2.34. The largest absolute Gasteiger partial charge is 0.379 e. The number of aryl methyl sites for hydroxylation is 2. The third-order valence-corrected chi connectivity index (χ3v) is 7.68. The molecule has 1 aliphatic rings. The number of hydrogen-bond acceptors (Lipinski definition) is 6. The number of halogens is 2. The number of morpholine rings is 1. The molecule has 4 rings (SSSR count). The topological polar surface area (TPSA) is 102 Å². The molecule has 8 nitrogen and oxygen atoms in total. The minimum absolute atomic E-state index is 0.000149. The van der Waals surface area contributed by atoms with E-state index < -0.39 is 21.7 Å². The molecule has 0 bridgehead atoms. The van der Waals surface area contributed by atoms with Gasteiger partial charge in [0.15, 0.2) is 0 Å². The second-order valence-corrected chi connectivity index (χ2v) is 9.82. The SMILES string of the molecule is Cc1ccc(NC(=O)c2c(-c3c(F)cccc3Cl)noc2C)cc1S(=O)(=O)N1CCOCC1. The number of sulfonamides is 1. The normalized spacial score (nSPS) is 14.9. The Hall–Kier alpha value is -2.79. The van der Waals surface area contributed by atoms with E-state index >= 15 is 0 Å². The van der Waals surface area contributed by atoms with Gasteiger partial charge in [-0.15, -0.1) is 0 Å². The van der Waals surface area contributed by atoms with Crippen LogP contribution < -0.4 is 5.32 Å². The van der Waals surface area contributed by atoms with Crippen LogP contribution in [0.5, 0.6) is 0 Å². The summed E-state index contributed by atoms with van der Waals surface area (Å²) >= 11 is 6.14. The molecule has 0 radical (unpaired) electrons. The number of hydrogen-bond donors (Lipinski definition) is 1. The Morgan fingerprint density at radius 1 is 1.18 bits per heavy atom. The smallest absolute Gasteiger partial charge is 0.261 e. The number of carbonyl (C=O) groups is 1. The summed E-state index contributed by atoms with van der Waals surface area (Å²) in [6.07, 6.45) is 0. The summed E-state index contributed by atoms with van der Waals surface area (Å²) in [4.78, 5) is 13.2. The van der Waals surface area contributed by atoms with E-state index in [1.54, 1.807) is 19.1 Å². The number of carbonyl (C=O) groups excluding carboxylic acids is 1. The Morgan fingerprint density at radius 2 is 1.91 bits per heavy atom. The van der Waals surface area contributed by atoms with Gasteiger partial charge in [0.2, 0.25) is 10.0 Å². The molecule has 1 aliphatic heterocycles. The molecule has 174 valence electrons. The summed E-state index contributed by atoms with van der Waals surface area (Å²) in [6, 6.07) is 8.72. The van der Waals surface area contributed by atoms with E-state index in [2.05, 4.69) is 10.5 Å². The van der Waals surface area contributed by atoms with Crippen molar-refractivity contribution in [2.75, 3.05) is 31.6 Å². The average Bonchev–Trinajstić information content (AvgIpc) is 3.16. The third kappa shape index (κ3) is 4.51. The highest BCUT2D eigenvalue weighted by molar-refractivity contribution is 7.89. The first kappa shape index (κ1) is 23.4. The standard InChI is InChI=1S/C22H21ClFN3O5S/c1-13-6-7-15(12-18(13)33(29,30)27-8-10-31-11-9-27)25-22(28)19-14(2)32-26-21(19)20-16(23)4-3-5-17(20)24/h3-7,12H,8-11H2,1-2H3,(H,25,28). The van der Waals surface area contributed by atoms with Crippen LogP contribution in [0.2, 0.25) is 5.02 Å². The van der Waals surface area contributed by atoms with Gasteiger partial charge in [0.05, 0.1) is 28.7 Å². The molecule has 2 aromatic carbocycles. The maximum Gasteiger partial charge on any atom is 0.261 e. The van der Waals surface area contributed by atoms with Crippen molar-refractivity contribution in [1.29, 1.82) is 0 Å². The van der Waals surface area contributed by atoms with Gasteiger partial charge in [-0.3, -0.25) is 4.79 Å². The van der Waals surface area contributed by atoms with Crippen LogP contribution in [0.4, 0.5) is 10.1 Å². The van der Waals surface area contributed by atoms with E-state index in [-0.39, 0.29) is 51.3 Å². The Kier molecular flexibility index (Phi) is 6.53. The summed E-state index contributed by atoms with van der Waals surface area (Å²) < 4.78 is 52.4. The van der Waals surface area contributed by atoms with Crippen molar-refractivity contribution < 1.29 is 26.9 Å². The molecule has 1 aromatic heterocycles. The molecule has 0 spiro atoms. The van der Waals surface area contributed by atoms with Crippen LogP contribution in [0.15, 0.2) is 45.8 Å². The van der Waals surface area contributed by atoms with E-state index in [4.69, 9.17) is 20.9 Å². The van der Waals surface area contributed by atoms with Gasteiger partial charge >= 0.3 is 0 Å². The number of nitrogens with one attached hydrogen (secondary N) is 1. The van der Waals surface area contributed by atoms with E-state index in [0.29, 0.717) is 18.8 Å². The molecule has 0 aliphatic carbocycles. The Balaban J connectivity index is 1.67. The fraction of sp³-hybridized carbons (Fsp3) is 0.273. The van der Waals surface area contributed by atoms with Crippen molar-refractivity contribution in [2.45, 2.75) is 18.7 Å². The van der Waals surface area contributed by atoms with Gasteiger partial charge in [-0.25, -0.2) is 12.8 Å². The summed E-state index contributed by atoms with van der Waals surface area (Å²) in [5.74, 6) is -1.13. The molecule has 0 saturated carbocycles. The molecule has 1 N–H and O–H groups in total. The molecular weight excluding hydrogens is 473 g/mol. The predicted molar refractivity (Wildman–Crippen MR) is 120 cm³/mol. The Labute approximate surface area is 195 Å². The molecule has 11 heteroatoms. The van der Waals surface area contributed by atoms with Crippen LogP contribution in [0.25, 0.3) is 11.3 Å². The number of benzene rings is 2. The molecular formula is C22H21ClFN3O5S. The Morgan fingerprint density at radius 3 is 2.61 bits per heavy atom. The molecule has 1 fully saturated rings. The van der Waals surface area contributed by atoms with Crippen LogP contribution in [0.3, 0.4) is 0 Å². The number of anilines is 1. The molecule has 3 aromatic rings. The lowest BCUT2D eigenvalue weighted by Gasteiger charge is -2.26. The fourth-order valence-corrected chi connectivity index (χ4v) is 5.52. The quantitative estimate of drug-likeness (QED) is 0.576. The van der Waals surface area contributed by atoms with Gasteiger partial charge < -0.3 is 14.6 Å². The molecule has 0 atom stereocenters. The van der Waals surface area contributed by atoms with Crippen LogP contribution in [-0.4, -0.2) is 50.1 Å². The summed E-state index contributed by atoms with van der Waals surface area (Å²) in [5, 5.41) is 6.57. The summed E-state index contributed by atoms with van der Waals surface area (Å²) in [7, 11) is -3.77. The van der Waals surface area contributed by atoms with Gasteiger partial charge in [0, 0.05) is 18.8 Å². The first-order valence-electron chi connectivity index (χ1n) is 10.1. The van der Waals surface area contributed by atoms with Gasteiger partial charge in [0.1, 0.15) is 22.8 Å². The number of nitrogens with zero attached hydrogens (tertiary/aromatic N) is 2. The molecule has 2 heterocycles. The molecule has 1 saturated heterocycles. The monoisotopic (exact) mass is 493 g/mol. The molecule has 33 heavy (non-hydrogen) atoms. The van der Waals surface area contributed by atoms with E-state index in [1.807, 2.05) is 0 Å². The van der Waals surface area contributed by atoms with Crippen molar-refractivity contribution in [1.82, 2.24) is 9.46 Å². The third-order valence-electron chi connectivity index (χ3n) is 5.32. The first-order valence-corrected chi connectivity index (χ1v) is 11.9. The van der Waals surface area contributed by atoms with E-state index in [1.165, 1.54) is 35.5 Å². The summed E-state index contributed by atoms with van der Waals surface area (Å²) in [6.45, 7) is 4.35. The van der Waals surface area contributed by atoms with Crippen LogP contribution in [0, 0.1) is 19.7 Å². The fourth-order valence-electron chi connectivity index (χ4n) is 3.61. The van der Waals surface area contributed by atoms with Crippen molar-refractivity contribution in [3.8, 4) is 11.3 Å². The number of ether oxygens (including phenoxy) is 1. The van der Waals surface area contributed by atoms with Crippen LogP contribution >= 0.6 is 11.6 Å². The maximum atomic E-state index is 14.4. The van der Waals surface area contributed by atoms with Crippen molar-refractivity contribution >= 4 is 33.2 Å². The van der Waals surface area contributed by atoms with Gasteiger partial charge in [-0.1, -0.05) is 28.9 Å². The number of aromatic nitrogens is 1. The molecule has 0 unspecified atom stereocenters. The highest BCUT2D eigenvalue weighted by Gasteiger charge is 2.29. The van der Waals surface area contributed by atoms with Crippen molar-refractivity contribution in [3.63, 3.8) is 0 Å². The zero-order valence-corrected chi connectivity index (χ0v) is 19.5. The maximum absolute atomic E-state index is 14.4. The highest BCUT2D eigenvalue weighted by atomic mass is 35.5. The predicted octanol–water partition coefficient (Wildman–Crippen LogP) is 4.02. The summed E-state index contributed by atoms with van der Waals surface area (Å²) in [5.41, 5.74) is 0.699. The minimum atomic E-state index is -3.77. The first-order chi connectivity index (χ1) is 15.7. The van der Waals surface area contributed by atoms with E-state index in [9.17, 15) is 17.6 Å². The second kappa shape index (κ2) is 9.22. The zero-order valence-electron chi connectivity index (χ0n) is 17.9. The lowest BCUT2D eigenvalue weighted by Crippen LogP contribution is -2.40. The minimum Gasteiger partial charge on any atom is -0.379 e. The van der Waals surface area contributed by atoms with Crippen molar-refractivity contribution in [3.05, 3.63) is 64.1 Å². The second-order valence-electron chi connectivity index (χ2n) is 7.51. The van der Waals surface area contributed by atoms with Crippen LogP contribution in [0.1, 0.15) is 21.7 Å².